The van der Waals surface area contributed by atoms with Crippen molar-refractivity contribution in [3.8, 4) is 0 Å². The first-order chi connectivity index (χ1) is 12.7. The van der Waals surface area contributed by atoms with Crippen LogP contribution in [0.3, 0.4) is 0 Å². The Morgan fingerprint density at radius 3 is 2.41 bits per heavy atom. The van der Waals surface area contributed by atoms with Crippen molar-refractivity contribution in [1.82, 2.24) is 0 Å². The van der Waals surface area contributed by atoms with Gasteiger partial charge < -0.3 is 15.9 Å². The van der Waals surface area contributed by atoms with Crippen LogP contribution in [0.2, 0.25) is 0 Å². The van der Waals surface area contributed by atoms with Gasteiger partial charge in [-0.1, -0.05) is 40.5 Å². The molecule has 4 aliphatic carbocycles. The van der Waals surface area contributed by atoms with Crippen LogP contribution in [0.15, 0.2) is 0 Å². The molecule has 4 fully saturated rings. The van der Waals surface area contributed by atoms with Crippen LogP contribution in [0.25, 0.3) is 0 Å². The van der Waals surface area contributed by atoms with E-state index in [1.807, 2.05) is 0 Å². The fourth-order valence-corrected chi connectivity index (χ4v) is 9.26. The van der Waals surface area contributed by atoms with Gasteiger partial charge >= 0.3 is 0 Å². The molecule has 0 spiro atoms. The van der Waals surface area contributed by atoms with E-state index in [1.54, 1.807) is 0 Å². The Bertz CT molecular complexity index is 567. The number of hydrogen-bond acceptors (Lipinski definition) is 3. The Balaban J connectivity index is 1.74. The van der Waals surface area contributed by atoms with Gasteiger partial charge in [0.1, 0.15) is 0 Å². The molecule has 4 rings (SSSR count). The zero-order valence-corrected chi connectivity index (χ0v) is 18.1. The van der Waals surface area contributed by atoms with E-state index in [0.29, 0.717) is 36.2 Å². The largest absolute Gasteiger partial charge is 0.396 e. The topological polar surface area (TPSA) is 66.5 Å². The van der Waals surface area contributed by atoms with Gasteiger partial charge in [-0.2, -0.15) is 0 Å². The molecule has 3 heteroatoms. The van der Waals surface area contributed by atoms with Gasteiger partial charge in [0.25, 0.3) is 0 Å². The van der Waals surface area contributed by atoms with Crippen LogP contribution in [-0.2, 0) is 0 Å². The van der Waals surface area contributed by atoms with Crippen molar-refractivity contribution < 1.29 is 10.2 Å². The van der Waals surface area contributed by atoms with Gasteiger partial charge in [-0.15, -0.1) is 0 Å². The van der Waals surface area contributed by atoms with Crippen LogP contribution in [0, 0.1) is 46.3 Å². The number of aliphatic hydroxyl groups excluding tert-OH is 2. The molecule has 0 radical (unpaired) electrons. The summed E-state index contributed by atoms with van der Waals surface area (Å²) in [5.41, 5.74) is 7.49. The highest BCUT2D eigenvalue weighted by Crippen LogP contribution is 2.69. The van der Waals surface area contributed by atoms with Gasteiger partial charge in [0, 0.05) is 18.1 Å². The molecule has 156 valence electrons. The molecular formula is C24H43NO2. The SMILES string of the molecule is CC[C@H]1[C@@H](O)[C@H]2[C@@H]3CCC([C@H](C)CO)C3(C)CC[C@@H]2C2(C)CCCCC12N. The summed E-state index contributed by atoms with van der Waals surface area (Å²) >= 11 is 0. The average Bonchev–Trinajstić information content (AvgIpc) is 2.99. The minimum Gasteiger partial charge on any atom is -0.396 e. The van der Waals surface area contributed by atoms with Crippen molar-refractivity contribution in [2.75, 3.05) is 6.61 Å². The zero-order valence-electron chi connectivity index (χ0n) is 18.1. The predicted molar refractivity (Wildman–Crippen MR) is 110 cm³/mol. The number of aliphatic hydroxyl groups is 2. The van der Waals surface area contributed by atoms with Crippen LogP contribution < -0.4 is 5.73 Å². The third-order valence-corrected chi connectivity index (χ3v) is 10.7. The first kappa shape index (κ1) is 20.2. The summed E-state index contributed by atoms with van der Waals surface area (Å²) in [5.74, 6) is 2.79. The van der Waals surface area contributed by atoms with Crippen LogP contribution in [0.5, 0.6) is 0 Å². The van der Waals surface area contributed by atoms with Crippen molar-refractivity contribution in [3.05, 3.63) is 0 Å². The molecule has 3 nitrogen and oxygen atoms in total. The van der Waals surface area contributed by atoms with Gasteiger partial charge in [-0.25, -0.2) is 0 Å². The van der Waals surface area contributed by atoms with Gasteiger partial charge in [0.05, 0.1) is 6.10 Å². The summed E-state index contributed by atoms with van der Waals surface area (Å²) < 4.78 is 0. The summed E-state index contributed by atoms with van der Waals surface area (Å²) in [6.07, 6.45) is 10.5. The fraction of sp³-hybridized carbons (Fsp3) is 1.00. The van der Waals surface area contributed by atoms with Crippen molar-refractivity contribution in [2.45, 2.75) is 97.1 Å². The number of rotatable bonds is 3. The van der Waals surface area contributed by atoms with Crippen molar-refractivity contribution >= 4 is 0 Å². The molecular weight excluding hydrogens is 334 g/mol. The second-order valence-corrected chi connectivity index (χ2v) is 11.3. The standard InChI is InChI=1S/C24H43NO2/c1-5-16-21(27)20-18-9-8-17(15(2)14-26)22(18,3)13-10-19(20)23(4)11-6-7-12-24(16,23)25/h15-21,26-27H,5-14,25H2,1-4H3/t15-,16+,17?,18+,19+,20+,21-,22?,23?,24?/m1/s1. The van der Waals surface area contributed by atoms with E-state index >= 15 is 0 Å². The van der Waals surface area contributed by atoms with Gasteiger partial charge in [-0.3, -0.25) is 0 Å². The van der Waals surface area contributed by atoms with E-state index < -0.39 is 0 Å². The summed E-state index contributed by atoms with van der Waals surface area (Å²) in [7, 11) is 0. The molecule has 0 aliphatic heterocycles. The zero-order chi connectivity index (χ0) is 19.6. The molecule has 0 aromatic heterocycles. The molecule has 0 saturated heterocycles. The molecule has 0 amide bonds. The molecule has 4 unspecified atom stereocenters. The second-order valence-electron chi connectivity index (χ2n) is 11.3. The molecule has 4 saturated carbocycles. The third-order valence-electron chi connectivity index (χ3n) is 10.7. The Morgan fingerprint density at radius 1 is 1.04 bits per heavy atom. The summed E-state index contributed by atoms with van der Waals surface area (Å²) in [6.45, 7) is 9.74. The number of nitrogens with two attached hydrogens (primary N) is 1. The molecule has 0 aromatic carbocycles. The first-order valence-electron chi connectivity index (χ1n) is 11.8. The van der Waals surface area contributed by atoms with Crippen molar-refractivity contribution in [2.24, 2.45) is 52.1 Å². The van der Waals surface area contributed by atoms with Crippen molar-refractivity contribution in [1.29, 1.82) is 0 Å². The van der Waals surface area contributed by atoms with Gasteiger partial charge in [0.2, 0.25) is 0 Å². The predicted octanol–water partition coefficient (Wildman–Crippen LogP) is 4.35. The van der Waals surface area contributed by atoms with E-state index in [2.05, 4.69) is 27.7 Å². The minimum absolute atomic E-state index is 0.178. The van der Waals surface area contributed by atoms with E-state index in [-0.39, 0.29) is 28.4 Å². The lowest BCUT2D eigenvalue weighted by atomic mass is 9.39. The lowest BCUT2D eigenvalue weighted by molar-refractivity contribution is -0.204. The maximum absolute atomic E-state index is 11.7. The molecule has 0 aromatic rings. The third kappa shape index (κ3) is 2.50. The van der Waals surface area contributed by atoms with E-state index in [1.165, 1.54) is 44.9 Å². The van der Waals surface area contributed by atoms with E-state index in [9.17, 15) is 10.2 Å². The van der Waals surface area contributed by atoms with E-state index in [4.69, 9.17) is 5.73 Å². The van der Waals surface area contributed by atoms with Crippen LogP contribution in [0.4, 0.5) is 0 Å². The summed E-state index contributed by atoms with van der Waals surface area (Å²) in [5, 5.41) is 21.5. The monoisotopic (exact) mass is 377 g/mol. The Hall–Kier alpha value is -0.120. The molecule has 0 heterocycles. The van der Waals surface area contributed by atoms with Gasteiger partial charge in [-0.05, 0) is 85.4 Å². The van der Waals surface area contributed by atoms with Crippen molar-refractivity contribution in [3.63, 3.8) is 0 Å². The van der Waals surface area contributed by atoms with E-state index in [0.717, 1.165) is 12.8 Å². The van der Waals surface area contributed by atoms with Crippen LogP contribution >= 0.6 is 0 Å². The summed E-state index contributed by atoms with van der Waals surface area (Å²) in [4.78, 5) is 0. The molecule has 4 N–H and O–H groups in total. The smallest absolute Gasteiger partial charge is 0.0619 e. The maximum atomic E-state index is 11.7. The van der Waals surface area contributed by atoms with Gasteiger partial charge in [0.15, 0.2) is 0 Å². The Kier molecular flexibility index (Phi) is 5.01. The minimum atomic E-state index is -0.246. The Morgan fingerprint density at radius 2 is 1.74 bits per heavy atom. The quantitative estimate of drug-likeness (QED) is 0.685. The molecule has 4 aliphatic rings. The van der Waals surface area contributed by atoms with Crippen LogP contribution in [-0.4, -0.2) is 28.5 Å². The van der Waals surface area contributed by atoms with Crippen LogP contribution in [0.1, 0.15) is 85.5 Å². The molecule has 10 atom stereocenters. The average molecular weight is 378 g/mol. The summed E-state index contributed by atoms with van der Waals surface area (Å²) in [6, 6.07) is 0. The first-order valence-corrected chi connectivity index (χ1v) is 11.8. The lowest BCUT2D eigenvalue weighted by Gasteiger charge is -2.68. The molecule has 27 heavy (non-hydrogen) atoms. The normalized spacial score (nSPS) is 56.1. The highest BCUT2D eigenvalue weighted by Gasteiger charge is 2.68. The molecule has 0 bridgehead atoms. The highest BCUT2D eigenvalue weighted by molar-refractivity contribution is 5.20. The number of fused-ring (bicyclic) bond motifs is 5. The lowest BCUT2D eigenvalue weighted by Crippen LogP contribution is -2.73. The second kappa shape index (κ2) is 6.71. The maximum Gasteiger partial charge on any atom is 0.0619 e. The fourth-order valence-electron chi connectivity index (χ4n) is 9.26. The number of hydrogen-bond donors (Lipinski definition) is 3. The Labute approximate surface area is 166 Å². The highest BCUT2D eigenvalue weighted by atomic mass is 16.3.